The third-order valence-corrected chi connectivity index (χ3v) is 4.13. The highest BCUT2D eigenvalue weighted by Gasteiger charge is 2.30. The molecule has 2 atom stereocenters. The Balaban J connectivity index is 2.19. The molecule has 18 heavy (non-hydrogen) atoms. The Labute approximate surface area is 116 Å². The SMILES string of the molecule is CCN1c2ccc(Br)cc2CC1CC(C)C(=O)O. The molecule has 0 saturated carbocycles. The number of carboxylic acid groups (broad SMARTS) is 1. The molecule has 0 bridgehead atoms. The van der Waals surface area contributed by atoms with Crippen molar-refractivity contribution >= 4 is 27.6 Å². The maximum absolute atomic E-state index is 11.0. The van der Waals surface area contributed by atoms with Crippen LogP contribution in [0.1, 0.15) is 25.8 Å². The molecule has 0 fully saturated rings. The van der Waals surface area contributed by atoms with Crippen LogP contribution in [-0.4, -0.2) is 23.7 Å². The molecule has 3 nitrogen and oxygen atoms in total. The van der Waals surface area contributed by atoms with Crippen molar-refractivity contribution in [2.24, 2.45) is 5.92 Å². The predicted molar refractivity (Wildman–Crippen MR) is 76.1 cm³/mol. The molecule has 0 aliphatic carbocycles. The van der Waals surface area contributed by atoms with E-state index in [1.807, 2.05) is 6.07 Å². The molecule has 1 aliphatic rings. The van der Waals surface area contributed by atoms with Crippen LogP contribution in [0.25, 0.3) is 0 Å². The molecule has 4 heteroatoms. The fraction of sp³-hybridized carbons (Fsp3) is 0.500. The van der Waals surface area contributed by atoms with E-state index in [1.165, 1.54) is 11.3 Å². The number of nitrogens with zero attached hydrogens (tertiary/aromatic N) is 1. The second-order valence-corrected chi connectivity index (χ2v) is 5.81. The second-order valence-electron chi connectivity index (χ2n) is 4.89. The van der Waals surface area contributed by atoms with Crippen molar-refractivity contribution in [3.63, 3.8) is 0 Å². The second kappa shape index (κ2) is 5.31. The van der Waals surface area contributed by atoms with Crippen molar-refractivity contribution in [3.05, 3.63) is 28.2 Å². The van der Waals surface area contributed by atoms with E-state index in [1.54, 1.807) is 6.92 Å². The van der Waals surface area contributed by atoms with Gasteiger partial charge in [0.25, 0.3) is 0 Å². The molecule has 1 aliphatic heterocycles. The van der Waals surface area contributed by atoms with E-state index >= 15 is 0 Å². The summed E-state index contributed by atoms with van der Waals surface area (Å²) in [6, 6.07) is 6.62. The van der Waals surface area contributed by atoms with E-state index in [0.29, 0.717) is 12.5 Å². The lowest BCUT2D eigenvalue weighted by Gasteiger charge is -2.27. The minimum atomic E-state index is -0.705. The van der Waals surface area contributed by atoms with Gasteiger partial charge in [-0.3, -0.25) is 4.79 Å². The number of likely N-dealkylation sites (N-methyl/N-ethyl adjacent to an activating group) is 1. The molecule has 1 N–H and O–H groups in total. The topological polar surface area (TPSA) is 40.5 Å². The molecule has 0 spiro atoms. The molecule has 0 saturated heterocycles. The van der Waals surface area contributed by atoms with Crippen LogP contribution in [0, 0.1) is 5.92 Å². The molecule has 0 radical (unpaired) electrons. The van der Waals surface area contributed by atoms with Crippen LogP contribution < -0.4 is 4.90 Å². The summed E-state index contributed by atoms with van der Waals surface area (Å²) in [6.45, 7) is 4.83. The maximum Gasteiger partial charge on any atom is 0.306 e. The van der Waals surface area contributed by atoms with Crippen molar-refractivity contribution in [1.82, 2.24) is 0 Å². The zero-order valence-electron chi connectivity index (χ0n) is 10.7. The predicted octanol–water partition coefficient (Wildman–Crippen LogP) is 3.31. The summed E-state index contributed by atoms with van der Waals surface area (Å²) in [5.41, 5.74) is 2.57. The Morgan fingerprint density at radius 2 is 2.33 bits per heavy atom. The fourth-order valence-corrected chi connectivity index (χ4v) is 3.12. The molecule has 2 unspecified atom stereocenters. The summed E-state index contributed by atoms with van der Waals surface area (Å²) in [4.78, 5) is 13.3. The molecule has 2 rings (SSSR count). The van der Waals surface area contributed by atoms with Gasteiger partial charge in [-0.05, 0) is 43.5 Å². The van der Waals surface area contributed by atoms with Crippen LogP contribution in [0.5, 0.6) is 0 Å². The van der Waals surface area contributed by atoms with E-state index in [0.717, 1.165) is 17.4 Å². The molecular weight excluding hydrogens is 294 g/mol. The lowest BCUT2D eigenvalue weighted by molar-refractivity contribution is -0.141. The van der Waals surface area contributed by atoms with Gasteiger partial charge in [0, 0.05) is 22.7 Å². The largest absolute Gasteiger partial charge is 0.481 e. The monoisotopic (exact) mass is 311 g/mol. The Hall–Kier alpha value is -1.03. The van der Waals surface area contributed by atoms with Crippen molar-refractivity contribution in [2.75, 3.05) is 11.4 Å². The van der Waals surface area contributed by atoms with Crippen LogP contribution in [0.4, 0.5) is 5.69 Å². The van der Waals surface area contributed by atoms with Gasteiger partial charge in [0.05, 0.1) is 5.92 Å². The average Bonchev–Trinajstić information content (AvgIpc) is 2.64. The summed E-state index contributed by atoms with van der Waals surface area (Å²) < 4.78 is 1.09. The number of fused-ring (bicyclic) bond motifs is 1. The van der Waals surface area contributed by atoms with Gasteiger partial charge in [0.2, 0.25) is 0 Å². The molecular formula is C14H18BrNO2. The highest BCUT2D eigenvalue weighted by Crippen LogP contribution is 2.36. The van der Waals surface area contributed by atoms with Gasteiger partial charge in [0.1, 0.15) is 0 Å². The summed E-state index contributed by atoms with van der Waals surface area (Å²) >= 11 is 3.49. The zero-order chi connectivity index (χ0) is 13.3. The average molecular weight is 312 g/mol. The lowest BCUT2D eigenvalue weighted by atomic mass is 9.99. The fourth-order valence-electron chi connectivity index (χ4n) is 2.71. The first-order chi connectivity index (χ1) is 8.52. The number of hydrogen-bond acceptors (Lipinski definition) is 2. The number of carbonyl (C=O) groups is 1. The van der Waals surface area contributed by atoms with Gasteiger partial charge in [-0.2, -0.15) is 0 Å². The van der Waals surface area contributed by atoms with E-state index < -0.39 is 5.97 Å². The van der Waals surface area contributed by atoms with Gasteiger partial charge in [-0.15, -0.1) is 0 Å². The first-order valence-corrected chi connectivity index (χ1v) is 7.10. The van der Waals surface area contributed by atoms with Crippen LogP contribution in [0.2, 0.25) is 0 Å². The van der Waals surface area contributed by atoms with Gasteiger partial charge >= 0.3 is 5.97 Å². The number of aliphatic carboxylic acids is 1. The zero-order valence-corrected chi connectivity index (χ0v) is 12.3. The molecule has 0 amide bonds. The number of carboxylic acids is 1. The molecule has 98 valence electrons. The van der Waals surface area contributed by atoms with E-state index in [4.69, 9.17) is 5.11 Å². The minimum Gasteiger partial charge on any atom is -0.481 e. The summed E-state index contributed by atoms with van der Waals surface area (Å²) in [6.07, 6.45) is 1.65. The molecule has 0 aromatic heterocycles. The smallest absolute Gasteiger partial charge is 0.306 e. The van der Waals surface area contributed by atoms with Gasteiger partial charge < -0.3 is 10.0 Å². The maximum atomic E-state index is 11.0. The van der Waals surface area contributed by atoms with Crippen molar-refractivity contribution in [2.45, 2.75) is 32.7 Å². The molecule has 1 heterocycles. The lowest BCUT2D eigenvalue weighted by Crippen LogP contribution is -2.34. The van der Waals surface area contributed by atoms with E-state index in [9.17, 15) is 4.79 Å². The Kier molecular flexibility index (Phi) is 3.95. The molecule has 1 aromatic rings. The standard InChI is InChI=1S/C14H18BrNO2/c1-3-16-12(6-9(2)14(17)18)8-10-7-11(15)4-5-13(10)16/h4-5,7,9,12H,3,6,8H2,1-2H3,(H,17,18). The van der Waals surface area contributed by atoms with Gasteiger partial charge in [-0.1, -0.05) is 22.9 Å². The van der Waals surface area contributed by atoms with Crippen LogP contribution in [0.15, 0.2) is 22.7 Å². The van der Waals surface area contributed by atoms with Crippen LogP contribution in [-0.2, 0) is 11.2 Å². The Morgan fingerprint density at radius 3 is 2.94 bits per heavy atom. The van der Waals surface area contributed by atoms with Crippen molar-refractivity contribution < 1.29 is 9.90 Å². The minimum absolute atomic E-state index is 0.290. The first-order valence-electron chi connectivity index (χ1n) is 6.30. The number of halogens is 1. The summed E-state index contributed by atoms with van der Waals surface area (Å²) in [5, 5.41) is 9.04. The summed E-state index contributed by atoms with van der Waals surface area (Å²) in [7, 11) is 0. The van der Waals surface area contributed by atoms with Gasteiger partial charge in [0.15, 0.2) is 0 Å². The van der Waals surface area contributed by atoms with Crippen LogP contribution >= 0.6 is 15.9 Å². The Bertz CT molecular complexity index is 461. The third-order valence-electron chi connectivity index (χ3n) is 3.64. The van der Waals surface area contributed by atoms with Gasteiger partial charge in [-0.25, -0.2) is 0 Å². The number of rotatable bonds is 4. The number of hydrogen-bond donors (Lipinski definition) is 1. The Morgan fingerprint density at radius 1 is 1.61 bits per heavy atom. The third kappa shape index (κ3) is 2.53. The normalized spacial score (nSPS) is 19.7. The highest BCUT2D eigenvalue weighted by atomic mass is 79.9. The van der Waals surface area contributed by atoms with E-state index in [2.05, 4.69) is 39.9 Å². The quantitative estimate of drug-likeness (QED) is 0.927. The highest BCUT2D eigenvalue weighted by molar-refractivity contribution is 9.10. The van der Waals surface area contributed by atoms with Crippen molar-refractivity contribution in [1.29, 1.82) is 0 Å². The number of anilines is 1. The molecule has 1 aromatic carbocycles. The van der Waals surface area contributed by atoms with E-state index in [-0.39, 0.29) is 5.92 Å². The van der Waals surface area contributed by atoms with Crippen molar-refractivity contribution in [3.8, 4) is 0 Å². The first kappa shape index (κ1) is 13.4. The number of benzene rings is 1. The van der Waals surface area contributed by atoms with Crippen LogP contribution in [0.3, 0.4) is 0 Å². The summed E-state index contributed by atoms with van der Waals surface area (Å²) in [5.74, 6) is -0.995.